The first-order valence-electron chi connectivity index (χ1n) is 8.50. The lowest BCUT2D eigenvalue weighted by Gasteiger charge is -2.26. The van der Waals surface area contributed by atoms with E-state index in [1.165, 1.54) is 0 Å². The highest BCUT2D eigenvalue weighted by Gasteiger charge is 2.29. The number of nitrogens with one attached hydrogen (secondary N) is 1. The Morgan fingerprint density at radius 3 is 2.48 bits per heavy atom. The summed E-state index contributed by atoms with van der Waals surface area (Å²) in [6, 6.07) is 3.52. The van der Waals surface area contributed by atoms with Crippen LogP contribution in [0.15, 0.2) is 12.1 Å². The summed E-state index contributed by atoms with van der Waals surface area (Å²) >= 11 is 0. The summed E-state index contributed by atoms with van der Waals surface area (Å²) in [5.41, 5.74) is 2.09. The number of morpholine rings is 1. The normalized spacial score (nSPS) is 17.2. The van der Waals surface area contributed by atoms with Gasteiger partial charge in [-0.25, -0.2) is 0 Å². The van der Waals surface area contributed by atoms with Crippen molar-refractivity contribution >= 4 is 18.3 Å². The monoisotopic (exact) mass is 410 g/mol. The van der Waals surface area contributed by atoms with Crippen molar-refractivity contribution in [1.29, 1.82) is 0 Å². The van der Waals surface area contributed by atoms with Crippen molar-refractivity contribution in [3.8, 4) is 5.75 Å². The number of rotatable bonds is 6. The van der Waals surface area contributed by atoms with Crippen LogP contribution >= 0.6 is 12.4 Å². The van der Waals surface area contributed by atoms with Gasteiger partial charge in [-0.05, 0) is 30.5 Å². The number of nitrogens with zero attached hydrogens (tertiary/aromatic N) is 1. The molecule has 0 spiro atoms. The average Bonchev–Trinajstić information content (AvgIpc) is 2.53. The molecule has 1 heterocycles. The highest BCUT2D eigenvalue weighted by atomic mass is 35.5. The van der Waals surface area contributed by atoms with Gasteiger partial charge in [0.1, 0.15) is 5.75 Å². The van der Waals surface area contributed by atoms with Gasteiger partial charge < -0.3 is 19.7 Å². The van der Waals surface area contributed by atoms with Crippen LogP contribution in [0, 0.1) is 13.8 Å². The summed E-state index contributed by atoms with van der Waals surface area (Å²) in [6.07, 6.45) is -4.03. The molecule has 1 atom stereocenters. The van der Waals surface area contributed by atoms with Crippen molar-refractivity contribution in [1.82, 2.24) is 10.2 Å². The number of hydrogen-bond acceptors (Lipinski definition) is 4. The van der Waals surface area contributed by atoms with Gasteiger partial charge in [0.2, 0.25) is 5.91 Å². The highest BCUT2D eigenvalue weighted by Crippen LogP contribution is 2.27. The molecule has 2 rings (SSSR count). The number of alkyl halides is 3. The molecule has 1 aliphatic rings. The van der Waals surface area contributed by atoms with E-state index >= 15 is 0 Å². The Labute approximate surface area is 163 Å². The summed E-state index contributed by atoms with van der Waals surface area (Å²) in [7, 11) is 1.71. The van der Waals surface area contributed by atoms with E-state index in [-0.39, 0.29) is 30.1 Å². The fourth-order valence-corrected chi connectivity index (χ4v) is 2.99. The molecule has 0 radical (unpaired) electrons. The Morgan fingerprint density at radius 1 is 1.33 bits per heavy atom. The van der Waals surface area contributed by atoms with Crippen LogP contribution in [-0.2, 0) is 16.1 Å². The molecule has 1 amide bonds. The van der Waals surface area contributed by atoms with E-state index in [0.29, 0.717) is 37.3 Å². The van der Waals surface area contributed by atoms with Gasteiger partial charge in [-0.3, -0.25) is 4.79 Å². The minimum Gasteiger partial charge on any atom is -0.484 e. The van der Waals surface area contributed by atoms with Crippen LogP contribution < -0.4 is 10.1 Å². The van der Waals surface area contributed by atoms with E-state index in [1.807, 2.05) is 0 Å². The molecule has 1 unspecified atom stereocenters. The summed E-state index contributed by atoms with van der Waals surface area (Å²) in [5.74, 6) is 0.226. The van der Waals surface area contributed by atoms with Crippen LogP contribution in [0.5, 0.6) is 5.75 Å². The summed E-state index contributed by atoms with van der Waals surface area (Å²) < 4.78 is 47.3. The summed E-state index contributed by atoms with van der Waals surface area (Å²) in [6.45, 7) is 4.38. The maximum atomic E-state index is 12.4. The maximum absolute atomic E-state index is 12.4. The Hall–Kier alpha value is -1.51. The number of hydrogen-bond donors (Lipinski definition) is 1. The number of amides is 1. The summed E-state index contributed by atoms with van der Waals surface area (Å²) in [4.78, 5) is 14.0. The van der Waals surface area contributed by atoms with Crippen LogP contribution in [0.3, 0.4) is 0 Å². The van der Waals surface area contributed by atoms with Gasteiger partial charge >= 0.3 is 6.18 Å². The average molecular weight is 411 g/mol. The van der Waals surface area contributed by atoms with Crippen molar-refractivity contribution in [3.05, 3.63) is 28.8 Å². The van der Waals surface area contributed by atoms with Gasteiger partial charge in [0.15, 0.2) is 6.61 Å². The smallest absolute Gasteiger partial charge is 0.422 e. The quantitative estimate of drug-likeness (QED) is 0.783. The van der Waals surface area contributed by atoms with Gasteiger partial charge in [0.25, 0.3) is 0 Å². The van der Waals surface area contributed by atoms with Crippen molar-refractivity contribution in [3.63, 3.8) is 0 Å². The lowest BCUT2D eigenvalue weighted by Crippen LogP contribution is -2.44. The molecule has 27 heavy (non-hydrogen) atoms. The third-order valence-electron chi connectivity index (χ3n) is 4.17. The molecule has 1 N–H and O–H groups in total. The van der Waals surface area contributed by atoms with Gasteiger partial charge in [0.05, 0.1) is 13.2 Å². The fourth-order valence-electron chi connectivity index (χ4n) is 2.99. The molecule has 1 aromatic carbocycles. The lowest BCUT2D eigenvalue weighted by atomic mass is 10.0. The zero-order chi connectivity index (χ0) is 19.3. The van der Waals surface area contributed by atoms with Crippen LogP contribution in [0.25, 0.3) is 0 Å². The first kappa shape index (κ1) is 23.5. The lowest BCUT2D eigenvalue weighted by molar-refractivity contribution is -0.153. The van der Waals surface area contributed by atoms with E-state index in [1.54, 1.807) is 37.9 Å². The number of benzene rings is 1. The van der Waals surface area contributed by atoms with E-state index in [2.05, 4.69) is 5.32 Å². The van der Waals surface area contributed by atoms with Crippen LogP contribution in [-0.4, -0.2) is 56.4 Å². The Balaban J connectivity index is 0.00000364. The van der Waals surface area contributed by atoms with Crippen LogP contribution in [0.2, 0.25) is 0 Å². The molecule has 9 heteroatoms. The van der Waals surface area contributed by atoms with Crippen molar-refractivity contribution in [2.75, 3.05) is 33.4 Å². The third kappa shape index (κ3) is 7.56. The highest BCUT2D eigenvalue weighted by molar-refractivity contribution is 5.85. The first-order chi connectivity index (χ1) is 12.2. The minimum atomic E-state index is -4.37. The molecule has 0 aromatic heterocycles. The minimum absolute atomic E-state index is 0. The maximum Gasteiger partial charge on any atom is 0.422 e. The van der Waals surface area contributed by atoms with Crippen LogP contribution in [0.4, 0.5) is 13.2 Å². The largest absolute Gasteiger partial charge is 0.484 e. The zero-order valence-corrected chi connectivity index (χ0v) is 16.5. The predicted octanol–water partition coefficient (Wildman–Crippen LogP) is 3.00. The van der Waals surface area contributed by atoms with E-state index in [9.17, 15) is 18.0 Å². The molecule has 1 fully saturated rings. The molecule has 1 aliphatic heterocycles. The molecular formula is C18H26ClF3N2O3. The Morgan fingerprint density at radius 2 is 1.96 bits per heavy atom. The van der Waals surface area contributed by atoms with Gasteiger partial charge in [0, 0.05) is 32.6 Å². The Bertz CT molecular complexity index is 612. The summed E-state index contributed by atoms with van der Waals surface area (Å²) in [5, 5.41) is 3.24. The van der Waals surface area contributed by atoms with Gasteiger partial charge in [-0.2, -0.15) is 13.2 Å². The van der Waals surface area contributed by atoms with Gasteiger partial charge in [-0.15, -0.1) is 12.4 Å². The molecule has 0 aliphatic carbocycles. The van der Waals surface area contributed by atoms with E-state index in [4.69, 9.17) is 9.47 Å². The second-order valence-corrected chi connectivity index (χ2v) is 6.64. The zero-order valence-electron chi connectivity index (χ0n) is 15.7. The number of ether oxygens (including phenoxy) is 2. The van der Waals surface area contributed by atoms with E-state index in [0.717, 1.165) is 12.1 Å². The molecule has 0 saturated carbocycles. The van der Waals surface area contributed by atoms with Gasteiger partial charge in [-0.1, -0.05) is 12.1 Å². The van der Waals surface area contributed by atoms with Crippen molar-refractivity contribution in [2.45, 2.75) is 39.0 Å². The first-order valence-corrected chi connectivity index (χ1v) is 8.50. The molecule has 1 aromatic rings. The number of aryl methyl sites for hydroxylation is 2. The molecule has 1 saturated heterocycles. The third-order valence-corrected chi connectivity index (χ3v) is 4.17. The topological polar surface area (TPSA) is 50.8 Å². The predicted molar refractivity (Wildman–Crippen MR) is 98.4 cm³/mol. The fraction of sp³-hybridized carbons (Fsp3) is 0.611. The molecule has 5 nitrogen and oxygen atoms in total. The molecular weight excluding hydrogens is 385 g/mol. The Kier molecular flexibility index (Phi) is 8.84. The standard InChI is InChI=1S/C18H25F3N2O3.ClH/c1-12-6-14(7-13(2)17(12)26-11-18(19,20)21)9-23(3)16(24)8-15-10-25-5-4-22-15;/h6-7,15,22H,4-5,8-11H2,1-3H3;1H. The molecule has 0 bridgehead atoms. The molecule has 154 valence electrons. The van der Waals surface area contributed by atoms with Crippen LogP contribution in [0.1, 0.15) is 23.1 Å². The van der Waals surface area contributed by atoms with E-state index < -0.39 is 12.8 Å². The second kappa shape index (κ2) is 10.1. The van der Waals surface area contributed by atoms with Crippen molar-refractivity contribution in [2.24, 2.45) is 0 Å². The second-order valence-electron chi connectivity index (χ2n) is 6.64. The van der Waals surface area contributed by atoms with Crippen molar-refractivity contribution < 1.29 is 27.4 Å². The SMILES string of the molecule is Cc1cc(CN(C)C(=O)CC2COCCN2)cc(C)c1OCC(F)(F)F.Cl. The number of carbonyl (C=O) groups is 1. The number of halogens is 4. The number of carbonyl (C=O) groups excluding carboxylic acids is 1.